The van der Waals surface area contributed by atoms with Gasteiger partial charge in [0.15, 0.2) is 0 Å². The third-order valence-corrected chi connectivity index (χ3v) is 4.91. The number of anilines is 1. The largest absolute Gasteiger partial charge is 0.372 e. The average Bonchev–Trinajstić information content (AvgIpc) is 3.40. The van der Waals surface area contributed by atoms with Gasteiger partial charge in [-0.15, -0.1) is 0 Å². The molecule has 4 nitrogen and oxygen atoms in total. The van der Waals surface area contributed by atoms with Crippen LogP contribution < -0.4 is 11.0 Å². The molecule has 0 unspecified atom stereocenters. The maximum absolute atomic E-state index is 12.7. The van der Waals surface area contributed by atoms with Gasteiger partial charge in [-0.2, -0.15) is 4.98 Å². The molecule has 0 saturated heterocycles. The second-order valence-electron chi connectivity index (χ2n) is 6.29. The summed E-state index contributed by atoms with van der Waals surface area (Å²) in [5.41, 5.74) is 3.60. The number of nitrogens with zero attached hydrogens (tertiary/aromatic N) is 2. The second kappa shape index (κ2) is 5.64. The lowest BCUT2D eigenvalue weighted by molar-refractivity contribution is 0.956. The molecule has 0 radical (unpaired) electrons. The van der Waals surface area contributed by atoms with E-state index >= 15 is 0 Å². The number of halogens is 1. The molecule has 0 aliphatic heterocycles. The molecule has 122 valence electrons. The lowest BCUT2D eigenvalue weighted by atomic mass is 10.0. The van der Waals surface area contributed by atoms with E-state index < -0.39 is 0 Å². The number of hydrogen-bond acceptors (Lipinski definition) is 3. The van der Waals surface area contributed by atoms with E-state index in [1.807, 2.05) is 18.2 Å². The van der Waals surface area contributed by atoms with Gasteiger partial charge < -0.3 is 5.32 Å². The van der Waals surface area contributed by atoms with Crippen molar-refractivity contribution in [3.05, 3.63) is 63.0 Å². The molecule has 0 amide bonds. The molecule has 1 N–H and O–H groups in total. The molecule has 1 aliphatic carbocycles. The predicted octanol–water partition coefficient (Wildman–Crippen LogP) is 4.27. The fourth-order valence-corrected chi connectivity index (χ4v) is 3.50. The fraction of sp³-hybridized carbons (Fsp3) is 0.263. The lowest BCUT2D eigenvalue weighted by Crippen LogP contribution is -2.23. The minimum absolute atomic E-state index is 0.327. The van der Waals surface area contributed by atoms with Crippen LogP contribution in [0.4, 0.5) is 5.82 Å². The summed E-state index contributed by atoms with van der Waals surface area (Å²) in [7, 11) is 1.79. The van der Waals surface area contributed by atoms with Crippen LogP contribution in [0.5, 0.6) is 0 Å². The van der Waals surface area contributed by atoms with Crippen molar-refractivity contribution in [3.63, 3.8) is 0 Å². The van der Waals surface area contributed by atoms with Gasteiger partial charge in [-0.05, 0) is 55.0 Å². The molecule has 1 aliphatic rings. The van der Waals surface area contributed by atoms with E-state index in [4.69, 9.17) is 11.6 Å². The molecule has 1 fully saturated rings. The summed E-state index contributed by atoms with van der Waals surface area (Å²) in [6.45, 7) is 2.07. The van der Waals surface area contributed by atoms with Crippen LogP contribution in [0.15, 0.2) is 41.2 Å². The Kier molecular flexibility index (Phi) is 3.57. The van der Waals surface area contributed by atoms with E-state index in [0.29, 0.717) is 22.4 Å². The smallest absolute Gasteiger partial charge is 0.354 e. The zero-order valence-electron chi connectivity index (χ0n) is 13.6. The Hall–Kier alpha value is -2.33. The normalized spacial score (nSPS) is 14.1. The van der Waals surface area contributed by atoms with Crippen LogP contribution in [-0.4, -0.2) is 16.6 Å². The molecule has 1 heterocycles. The number of nitrogens with one attached hydrogen (secondary N) is 1. The van der Waals surface area contributed by atoms with Gasteiger partial charge in [0.1, 0.15) is 5.82 Å². The van der Waals surface area contributed by atoms with Crippen LogP contribution in [0.25, 0.3) is 16.6 Å². The average molecular weight is 340 g/mol. The van der Waals surface area contributed by atoms with Gasteiger partial charge in [-0.1, -0.05) is 29.8 Å². The summed E-state index contributed by atoms with van der Waals surface area (Å²) >= 11 is 6.36. The lowest BCUT2D eigenvalue weighted by Gasteiger charge is -2.16. The van der Waals surface area contributed by atoms with E-state index in [1.165, 1.54) is 18.4 Å². The molecule has 0 spiro atoms. The SMILES string of the molecule is CNc1nc(=O)n(-c2ccccc2Cl)c2cc(C3CC3)cc(C)c12. The first-order valence-corrected chi connectivity index (χ1v) is 8.48. The maximum Gasteiger partial charge on any atom is 0.354 e. The van der Waals surface area contributed by atoms with Crippen molar-refractivity contribution in [3.8, 4) is 5.69 Å². The number of para-hydroxylation sites is 1. The Labute approximate surface area is 145 Å². The summed E-state index contributed by atoms with van der Waals surface area (Å²) < 4.78 is 1.62. The zero-order valence-corrected chi connectivity index (χ0v) is 14.4. The molecule has 0 atom stereocenters. The van der Waals surface area contributed by atoms with Gasteiger partial charge in [0.25, 0.3) is 0 Å². The highest BCUT2D eigenvalue weighted by atomic mass is 35.5. The van der Waals surface area contributed by atoms with Crippen molar-refractivity contribution in [2.24, 2.45) is 0 Å². The van der Waals surface area contributed by atoms with Crippen molar-refractivity contribution in [2.75, 3.05) is 12.4 Å². The summed E-state index contributed by atoms with van der Waals surface area (Å²) in [6, 6.07) is 11.7. The van der Waals surface area contributed by atoms with Gasteiger partial charge in [-0.25, -0.2) is 4.79 Å². The van der Waals surface area contributed by atoms with Crippen molar-refractivity contribution in [2.45, 2.75) is 25.7 Å². The number of fused-ring (bicyclic) bond motifs is 1. The van der Waals surface area contributed by atoms with Crippen molar-refractivity contribution in [1.29, 1.82) is 0 Å². The Morgan fingerprint density at radius 3 is 2.67 bits per heavy atom. The summed E-state index contributed by atoms with van der Waals surface area (Å²) in [5, 5.41) is 4.55. The first kappa shape index (κ1) is 15.2. The molecule has 3 aromatic rings. The standard InChI is InChI=1S/C19H18ClN3O/c1-11-9-13(12-7-8-12)10-16-17(11)18(21-2)22-19(24)23(16)15-6-4-3-5-14(15)20/h3-6,9-10,12H,7-8H2,1-2H3,(H,21,22,24). The number of aryl methyl sites for hydroxylation is 1. The molecule has 1 aromatic heterocycles. The van der Waals surface area contributed by atoms with E-state index in [-0.39, 0.29) is 5.69 Å². The third kappa shape index (κ3) is 2.38. The molecule has 0 bridgehead atoms. The van der Waals surface area contributed by atoms with Crippen LogP contribution in [0, 0.1) is 6.92 Å². The van der Waals surface area contributed by atoms with E-state index in [2.05, 4.69) is 29.4 Å². The predicted molar refractivity (Wildman–Crippen MR) is 98.6 cm³/mol. The van der Waals surface area contributed by atoms with Gasteiger partial charge in [0, 0.05) is 12.4 Å². The molecular formula is C19H18ClN3O. The topological polar surface area (TPSA) is 46.9 Å². The Bertz CT molecular complexity index is 1010. The van der Waals surface area contributed by atoms with Crippen LogP contribution in [0.2, 0.25) is 5.02 Å². The number of aromatic nitrogens is 2. The molecule has 1 saturated carbocycles. The first-order valence-electron chi connectivity index (χ1n) is 8.10. The number of rotatable bonds is 3. The summed E-state index contributed by atoms with van der Waals surface area (Å²) in [4.78, 5) is 17.0. The van der Waals surface area contributed by atoms with E-state index in [9.17, 15) is 4.79 Å². The van der Waals surface area contributed by atoms with Gasteiger partial charge in [0.05, 0.1) is 16.2 Å². The van der Waals surface area contributed by atoms with Gasteiger partial charge in [-0.3, -0.25) is 4.57 Å². The second-order valence-corrected chi connectivity index (χ2v) is 6.69. The molecule has 5 heteroatoms. The highest BCUT2D eigenvalue weighted by molar-refractivity contribution is 6.32. The van der Waals surface area contributed by atoms with Crippen molar-refractivity contribution in [1.82, 2.24) is 9.55 Å². The van der Waals surface area contributed by atoms with E-state index in [0.717, 1.165) is 16.5 Å². The van der Waals surface area contributed by atoms with Crippen molar-refractivity contribution >= 4 is 28.3 Å². The quantitative estimate of drug-likeness (QED) is 0.775. The van der Waals surface area contributed by atoms with Crippen LogP contribution in [0.1, 0.15) is 29.9 Å². The minimum atomic E-state index is -0.327. The Morgan fingerprint density at radius 2 is 2.00 bits per heavy atom. The third-order valence-electron chi connectivity index (χ3n) is 4.59. The Balaban J connectivity index is 2.14. The van der Waals surface area contributed by atoms with Gasteiger partial charge in [0.2, 0.25) is 0 Å². The van der Waals surface area contributed by atoms with Crippen molar-refractivity contribution < 1.29 is 0 Å². The summed E-state index contributed by atoms with van der Waals surface area (Å²) in [5.74, 6) is 1.22. The molecule has 24 heavy (non-hydrogen) atoms. The van der Waals surface area contributed by atoms with Crippen LogP contribution in [0.3, 0.4) is 0 Å². The molecule has 4 rings (SSSR count). The molecule has 2 aromatic carbocycles. The first-order chi connectivity index (χ1) is 11.6. The van der Waals surface area contributed by atoms with Crippen LogP contribution >= 0.6 is 11.6 Å². The highest BCUT2D eigenvalue weighted by Crippen LogP contribution is 2.42. The summed E-state index contributed by atoms with van der Waals surface area (Å²) in [6.07, 6.45) is 2.43. The number of benzene rings is 2. The number of hydrogen-bond donors (Lipinski definition) is 1. The highest BCUT2D eigenvalue weighted by Gasteiger charge is 2.25. The zero-order chi connectivity index (χ0) is 16.8. The fourth-order valence-electron chi connectivity index (χ4n) is 3.28. The maximum atomic E-state index is 12.7. The van der Waals surface area contributed by atoms with Gasteiger partial charge >= 0.3 is 5.69 Å². The van der Waals surface area contributed by atoms with E-state index in [1.54, 1.807) is 17.7 Å². The minimum Gasteiger partial charge on any atom is -0.372 e. The monoisotopic (exact) mass is 339 g/mol. The Morgan fingerprint density at radius 1 is 1.25 bits per heavy atom. The van der Waals surface area contributed by atoms with Crippen LogP contribution in [-0.2, 0) is 0 Å². The molecular weight excluding hydrogens is 322 g/mol.